The van der Waals surface area contributed by atoms with Crippen LogP contribution in [0.2, 0.25) is 0 Å². The van der Waals surface area contributed by atoms with Crippen LogP contribution in [-0.2, 0) is 0 Å². The van der Waals surface area contributed by atoms with E-state index in [4.69, 9.17) is 0 Å². The summed E-state index contributed by atoms with van der Waals surface area (Å²) in [4.78, 5) is 0. The summed E-state index contributed by atoms with van der Waals surface area (Å²) in [6.45, 7) is 11.7. The van der Waals surface area contributed by atoms with E-state index >= 15 is 0 Å². The Morgan fingerprint density at radius 3 is 2.80 bits per heavy atom. The molecule has 2 atom stereocenters. The third kappa shape index (κ3) is 4.09. The van der Waals surface area contributed by atoms with Crippen LogP contribution in [0.15, 0.2) is 24.3 Å². The van der Waals surface area contributed by atoms with Crippen molar-refractivity contribution in [3.05, 3.63) is 35.4 Å². The summed E-state index contributed by atoms with van der Waals surface area (Å²) in [6, 6.07) is 9.18. The van der Waals surface area contributed by atoms with Crippen molar-refractivity contribution in [2.75, 3.05) is 13.1 Å². The van der Waals surface area contributed by atoms with E-state index in [1.807, 2.05) is 0 Å². The molecule has 1 fully saturated rings. The summed E-state index contributed by atoms with van der Waals surface area (Å²) in [5, 5.41) is 3.65. The molecule has 0 heterocycles. The maximum atomic E-state index is 3.65. The third-order valence-electron chi connectivity index (χ3n) is 4.84. The predicted octanol–water partition coefficient (Wildman–Crippen LogP) is 4.90. The lowest BCUT2D eigenvalue weighted by molar-refractivity contribution is 0.160. The molecule has 1 nitrogen and oxygen atoms in total. The van der Waals surface area contributed by atoms with Gasteiger partial charge in [0.1, 0.15) is 0 Å². The highest BCUT2D eigenvalue weighted by atomic mass is 14.9. The van der Waals surface area contributed by atoms with E-state index in [-0.39, 0.29) is 0 Å². The lowest BCUT2D eigenvalue weighted by Gasteiger charge is -2.41. The van der Waals surface area contributed by atoms with Gasteiger partial charge in [0.2, 0.25) is 0 Å². The molecule has 0 saturated heterocycles. The number of nitrogens with one attached hydrogen (secondary N) is 1. The van der Waals surface area contributed by atoms with Gasteiger partial charge in [0, 0.05) is 0 Å². The average Bonchev–Trinajstić information content (AvgIpc) is 2.40. The van der Waals surface area contributed by atoms with Crippen molar-refractivity contribution < 1.29 is 0 Å². The molecule has 1 aliphatic rings. The monoisotopic (exact) mass is 273 g/mol. The Balaban J connectivity index is 2.13. The number of rotatable bonds is 5. The van der Waals surface area contributed by atoms with Crippen molar-refractivity contribution in [1.29, 1.82) is 0 Å². The van der Waals surface area contributed by atoms with Crippen molar-refractivity contribution in [3.63, 3.8) is 0 Å². The number of benzene rings is 1. The summed E-state index contributed by atoms with van der Waals surface area (Å²) >= 11 is 0. The molecule has 112 valence electrons. The SMILES string of the molecule is CCCNCC1CCC(C)(C)CC1c1cccc(C)c1. The Morgan fingerprint density at radius 1 is 1.30 bits per heavy atom. The molecule has 0 amide bonds. The van der Waals surface area contributed by atoms with Gasteiger partial charge >= 0.3 is 0 Å². The molecular weight excluding hydrogens is 242 g/mol. The van der Waals surface area contributed by atoms with Crippen LogP contribution in [0.3, 0.4) is 0 Å². The summed E-state index contributed by atoms with van der Waals surface area (Å²) in [7, 11) is 0. The van der Waals surface area contributed by atoms with Gasteiger partial charge in [-0.15, -0.1) is 0 Å². The Labute approximate surface area is 125 Å². The molecule has 1 aliphatic carbocycles. The topological polar surface area (TPSA) is 12.0 Å². The van der Waals surface area contributed by atoms with Gasteiger partial charge in [0.05, 0.1) is 0 Å². The van der Waals surface area contributed by atoms with Crippen LogP contribution in [0.1, 0.15) is 63.5 Å². The largest absolute Gasteiger partial charge is 0.316 e. The Bertz CT molecular complexity index is 422. The molecule has 0 aromatic heterocycles. The molecule has 0 spiro atoms. The number of hydrogen-bond acceptors (Lipinski definition) is 1. The zero-order valence-corrected chi connectivity index (χ0v) is 13.7. The first kappa shape index (κ1) is 15.6. The van der Waals surface area contributed by atoms with E-state index in [9.17, 15) is 0 Å². The Kier molecular flexibility index (Phi) is 5.26. The van der Waals surface area contributed by atoms with Crippen molar-refractivity contribution in [1.82, 2.24) is 5.32 Å². The fraction of sp³-hybridized carbons (Fsp3) is 0.684. The fourth-order valence-corrected chi connectivity index (χ4v) is 3.64. The predicted molar refractivity (Wildman–Crippen MR) is 88.2 cm³/mol. The molecule has 1 N–H and O–H groups in total. The quantitative estimate of drug-likeness (QED) is 0.752. The van der Waals surface area contributed by atoms with E-state index in [0.717, 1.165) is 18.4 Å². The molecular formula is C19H31N. The normalized spacial score (nSPS) is 25.6. The fourth-order valence-electron chi connectivity index (χ4n) is 3.64. The van der Waals surface area contributed by atoms with Crippen LogP contribution < -0.4 is 5.32 Å². The van der Waals surface area contributed by atoms with E-state index in [1.54, 1.807) is 5.56 Å². The van der Waals surface area contributed by atoms with Crippen LogP contribution in [-0.4, -0.2) is 13.1 Å². The average molecular weight is 273 g/mol. The molecule has 2 unspecified atom stereocenters. The first-order valence-corrected chi connectivity index (χ1v) is 8.29. The minimum Gasteiger partial charge on any atom is -0.316 e. The van der Waals surface area contributed by atoms with E-state index < -0.39 is 0 Å². The van der Waals surface area contributed by atoms with Crippen LogP contribution in [0, 0.1) is 18.3 Å². The molecule has 1 aromatic carbocycles. The summed E-state index contributed by atoms with van der Waals surface area (Å²) < 4.78 is 0. The second-order valence-electron chi connectivity index (χ2n) is 7.39. The van der Waals surface area contributed by atoms with Gasteiger partial charge < -0.3 is 5.32 Å². The van der Waals surface area contributed by atoms with Crippen molar-refractivity contribution in [2.45, 2.75) is 59.3 Å². The lowest BCUT2D eigenvalue weighted by atomic mass is 9.65. The van der Waals surface area contributed by atoms with Crippen molar-refractivity contribution in [3.8, 4) is 0 Å². The zero-order chi connectivity index (χ0) is 14.6. The Morgan fingerprint density at radius 2 is 2.10 bits per heavy atom. The summed E-state index contributed by atoms with van der Waals surface area (Å²) in [5.74, 6) is 1.53. The van der Waals surface area contributed by atoms with Gasteiger partial charge in [-0.2, -0.15) is 0 Å². The highest BCUT2D eigenvalue weighted by molar-refractivity contribution is 5.27. The highest BCUT2D eigenvalue weighted by Crippen LogP contribution is 2.46. The van der Waals surface area contributed by atoms with Gasteiger partial charge in [0.25, 0.3) is 0 Å². The van der Waals surface area contributed by atoms with Crippen LogP contribution >= 0.6 is 0 Å². The second-order valence-corrected chi connectivity index (χ2v) is 7.39. The summed E-state index contributed by atoms with van der Waals surface area (Å²) in [6.07, 6.45) is 5.29. The molecule has 1 saturated carbocycles. The van der Waals surface area contributed by atoms with E-state index in [2.05, 4.69) is 57.3 Å². The van der Waals surface area contributed by atoms with Gasteiger partial charge in [-0.1, -0.05) is 50.6 Å². The van der Waals surface area contributed by atoms with Crippen LogP contribution in [0.25, 0.3) is 0 Å². The van der Waals surface area contributed by atoms with Gasteiger partial charge in [0.15, 0.2) is 0 Å². The maximum absolute atomic E-state index is 3.65. The first-order chi connectivity index (χ1) is 9.52. The molecule has 2 rings (SSSR count). The van der Waals surface area contributed by atoms with Crippen LogP contribution in [0.5, 0.6) is 0 Å². The minimum absolute atomic E-state index is 0.496. The van der Waals surface area contributed by atoms with Gasteiger partial charge in [-0.25, -0.2) is 0 Å². The zero-order valence-electron chi connectivity index (χ0n) is 13.7. The Hall–Kier alpha value is -0.820. The van der Waals surface area contributed by atoms with Gasteiger partial charge in [-0.3, -0.25) is 0 Å². The maximum Gasteiger partial charge on any atom is -0.00147 e. The van der Waals surface area contributed by atoms with E-state index in [0.29, 0.717) is 5.41 Å². The summed E-state index contributed by atoms with van der Waals surface area (Å²) in [5.41, 5.74) is 3.45. The lowest BCUT2D eigenvalue weighted by Crippen LogP contribution is -2.35. The minimum atomic E-state index is 0.496. The number of hydrogen-bond donors (Lipinski definition) is 1. The van der Waals surface area contributed by atoms with E-state index in [1.165, 1.54) is 37.8 Å². The number of aryl methyl sites for hydroxylation is 1. The second kappa shape index (κ2) is 6.76. The third-order valence-corrected chi connectivity index (χ3v) is 4.84. The molecule has 0 radical (unpaired) electrons. The first-order valence-electron chi connectivity index (χ1n) is 8.29. The van der Waals surface area contributed by atoms with Crippen molar-refractivity contribution >= 4 is 0 Å². The molecule has 1 aromatic rings. The van der Waals surface area contributed by atoms with Gasteiger partial charge in [-0.05, 0) is 68.5 Å². The molecule has 20 heavy (non-hydrogen) atoms. The van der Waals surface area contributed by atoms with Crippen molar-refractivity contribution in [2.24, 2.45) is 11.3 Å². The molecule has 0 aliphatic heterocycles. The highest BCUT2D eigenvalue weighted by Gasteiger charge is 2.35. The van der Waals surface area contributed by atoms with Crippen LogP contribution in [0.4, 0.5) is 0 Å². The molecule has 0 bridgehead atoms. The standard InChI is InChI=1S/C19H31N/c1-5-11-20-14-17-9-10-19(3,4)13-18(17)16-8-6-7-15(2)12-16/h6-8,12,17-18,20H,5,9-11,13-14H2,1-4H3. The smallest absolute Gasteiger partial charge is 0.00147 e. The molecule has 1 heteroatoms.